The molecule has 0 aliphatic rings. The molecule has 1 atom stereocenters. The Morgan fingerprint density at radius 1 is 1.47 bits per heavy atom. The van der Waals surface area contributed by atoms with Gasteiger partial charge >= 0.3 is 0 Å². The summed E-state index contributed by atoms with van der Waals surface area (Å²) < 4.78 is 27.6. The highest BCUT2D eigenvalue weighted by Gasteiger charge is 2.09. The van der Waals surface area contributed by atoms with Gasteiger partial charge in [0.15, 0.2) is 0 Å². The number of anilines is 1. The molecule has 17 heavy (non-hydrogen) atoms. The summed E-state index contributed by atoms with van der Waals surface area (Å²) in [5.74, 6) is 0. The number of sulfonamides is 1. The molecule has 1 rings (SSSR count). The summed E-state index contributed by atoms with van der Waals surface area (Å²) in [6, 6.07) is 6.52. The summed E-state index contributed by atoms with van der Waals surface area (Å²) in [6.07, 6.45) is 0. The monoisotopic (exact) mass is 258 g/mol. The average molecular weight is 258 g/mol. The summed E-state index contributed by atoms with van der Waals surface area (Å²) in [7, 11) is -3.65. The van der Waals surface area contributed by atoms with Gasteiger partial charge in [0.2, 0.25) is 10.0 Å². The van der Waals surface area contributed by atoms with Gasteiger partial charge in [-0.2, -0.15) is 0 Å². The van der Waals surface area contributed by atoms with Crippen LogP contribution in [0.3, 0.4) is 0 Å². The first-order valence-corrected chi connectivity index (χ1v) is 6.95. The number of nitrogens with two attached hydrogens (primary N) is 1. The molecule has 0 aliphatic heterocycles. The van der Waals surface area contributed by atoms with E-state index in [2.05, 4.69) is 5.32 Å². The Bertz CT molecular complexity index is 460. The van der Waals surface area contributed by atoms with E-state index in [4.69, 9.17) is 9.88 Å². The summed E-state index contributed by atoms with van der Waals surface area (Å²) in [5.41, 5.74) is 0.712. The lowest BCUT2D eigenvalue weighted by Gasteiger charge is -2.15. The molecule has 0 spiro atoms. The fourth-order valence-corrected chi connectivity index (χ4v) is 1.94. The van der Waals surface area contributed by atoms with E-state index in [1.165, 1.54) is 12.1 Å². The summed E-state index contributed by atoms with van der Waals surface area (Å²) in [4.78, 5) is 0.103. The van der Waals surface area contributed by atoms with Crippen molar-refractivity contribution < 1.29 is 13.2 Å². The van der Waals surface area contributed by atoms with Crippen LogP contribution in [0.25, 0.3) is 0 Å². The third-order valence-electron chi connectivity index (χ3n) is 2.15. The number of hydrogen-bond acceptors (Lipinski definition) is 4. The van der Waals surface area contributed by atoms with E-state index in [0.717, 1.165) is 0 Å². The summed E-state index contributed by atoms with van der Waals surface area (Å²) in [6.45, 7) is 5.10. The maximum atomic E-state index is 11.2. The van der Waals surface area contributed by atoms with Gasteiger partial charge in [0, 0.05) is 18.3 Å². The zero-order valence-corrected chi connectivity index (χ0v) is 10.8. The van der Waals surface area contributed by atoms with Crippen LogP contribution in [0.2, 0.25) is 0 Å². The zero-order valence-electron chi connectivity index (χ0n) is 10.0. The van der Waals surface area contributed by atoms with Crippen molar-refractivity contribution in [3.63, 3.8) is 0 Å². The van der Waals surface area contributed by atoms with Gasteiger partial charge in [0.25, 0.3) is 0 Å². The van der Waals surface area contributed by atoms with Crippen LogP contribution in [-0.2, 0) is 14.8 Å². The predicted octanol–water partition coefficient (Wildman–Crippen LogP) is 1.17. The van der Waals surface area contributed by atoms with Crippen LogP contribution < -0.4 is 10.5 Å². The highest BCUT2D eigenvalue weighted by atomic mass is 32.2. The van der Waals surface area contributed by atoms with Crippen LogP contribution in [0.5, 0.6) is 0 Å². The van der Waals surface area contributed by atoms with Gasteiger partial charge in [-0.15, -0.1) is 0 Å². The SMILES string of the molecule is CCOCC(C)Nc1cccc(S(N)(=O)=O)c1. The van der Waals surface area contributed by atoms with Crippen LogP contribution >= 0.6 is 0 Å². The van der Waals surface area contributed by atoms with Crippen LogP contribution in [0.4, 0.5) is 5.69 Å². The van der Waals surface area contributed by atoms with E-state index in [-0.39, 0.29) is 10.9 Å². The number of ether oxygens (including phenoxy) is 1. The van der Waals surface area contributed by atoms with Crippen LogP contribution in [-0.4, -0.2) is 27.7 Å². The average Bonchev–Trinajstić information content (AvgIpc) is 2.25. The van der Waals surface area contributed by atoms with E-state index in [1.807, 2.05) is 13.8 Å². The maximum absolute atomic E-state index is 11.2. The van der Waals surface area contributed by atoms with E-state index in [1.54, 1.807) is 12.1 Å². The molecule has 1 unspecified atom stereocenters. The quantitative estimate of drug-likeness (QED) is 0.802. The van der Waals surface area contributed by atoms with Crippen LogP contribution in [0.1, 0.15) is 13.8 Å². The normalized spacial score (nSPS) is 13.4. The van der Waals surface area contributed by atoms with Crippen molar-refractivity contribution in [3.8, 4) is 0 Å². The lowest BCUT2D eigenvalue weighted by Crippen LogP contribution is -2.22. The molecule has 0 aliphatic carbocycles. The van der Waals surface area contributed by atoms with Crippen LogP contribution in [0, 0.1) is 0 Å². The standard InChI is InChI=1S/C11H18N2O3S/c1-3-16-8-9(2)13-10-5-4-6-11(7-10)17(12,14)15/h4-7,9,13H,3,8H2,1-2H3,(H2,12,14,15). The number of primary sulfonamides is 1. The van der Waals surface area contributed by atoms with Crippen molar-refractivity contribution in [2.45, 2.75) is 24.8 Å². The molecule has 6 heteroatoms. The fraction of sp³-hybridized carbons (Fsp3) is 0.455. The minimum atomic E-state index is -3.65. The minimum Gasteiger partial charge on any atom is -0.380 e. The molecule has 96 valence electrons. The zero-order chi connectivity index (χ0) is 12.9. The molecule has 0 radical (unpaired) electrons. The number of nitrogens with one attached hydrogen (secondary N) is 1. The van der Waals surface area contributed by atoms with Crippen molar-refractivity contribution in [1.29, 1.82) is 0 Å². The number of hydrogen-bond donors (Lipinski definition) is 2. The van der Waals surface area contributed by atoms with Crippen molar-refractivity contribution in [1.82, 2.24) is 0 Å². The second kappa shape index (κ2) is 6.00. The molecule has 5 nitrogen and oxygen atoms in total. The third kappa shape index (κ3) is 4.72. The van der Waals surface area contributed by atoms with Crippen molar-refractivity contribution in [2.24, 2.45) is 5.14 Å². The topological polar surface area (TPSA) is 81.4 Å². The molecular formula is C11H18N2O3S. The Morgan fingerprint density at radius 3 is 2.76 bits per heavy atom. The Kier molecular flexibility index (Phi) is 4.92. The first-order chi connectivity index (χ1) is 7.93. The molecular weight excluding hydrogens is 240 g/mol. The fourth-order valence-electron chi connectivity index (χ4n) is 1.38. The molecule has 0 saturated heterocycles. The molecule has 0 bridgehead atoms. The van der Waals surface area contributed by atoms with Crippen molar-refractivity contribution in [3.05, 3.63) is 24.3 Å². The number of benzene rings is 1. The van der Waals surface area contributed by atoms with Gasteiger partial charge in [-0.25, -0.2) is 13.6 Å². The Labute approximate surface area is 102 Å². The van der Waals surface area contributed by atoms with Gasteiger partial charge in [-0.1, -0.05) is 6.07 Å². The molecule has 1 aromatic rings. The largest absolute Gasteiger partial charge is 0.380 e. The first kappa shape index (κ1) is 14.0. The van der Waals surface area contributed by atoms with Gasteiger partial charge < -0.3 is 10.1 Å². The minimum absolute atomic E-state index is 0.102. The smallest absolute Gasteiger partial charge is 0.238 e. The van der Waals surface area contributed by atoms with E-state index in [9.17, 15) is 8.42 Å². The second-order valence-corrected chi connectivity index (χ2v) is 5.34. The lowest BCUT2D eigenvalue weighted by molar-refractivity contribution is 0.141. The molecule has 0 heterocycles. The molecule has 0 saturated carbocycles. The Hall–Kier alpha value is -1.11. The Balaban J connectivity index is 2.73. The summed E-state index contributed by atoms with van der Waals surface area (Å²) >= 11 is 0. The van der Waals surface area contributed by atoms with Gasteiger partial charge in [-0.3, -0.25) is 0 Å². The van der Waals surface area contributed by atoms with E-state index in [0.29, 0.717) is 18.9 Å². The van der Waals surface area contributed by atoms with Gasteiger partial charge in [0.05, 0.1) is 11.5 Å². The molecule has 3 N–H and O–H groups in total. The van der Waals surface area contributed by atoms with Gasteiger partial charge in [0.1, 0.15) is 0 Å². The van der Waals surface area contributed by atoms with E-state index >= 15 is 0 Å². The number of rotatable bonds is 6. The van der Waals surface area contributed by atoms with Crippen molar-refractivity contribution >= 4 is 15.7 Å². The Morgan fingerprint density at radius 2 is 2.18 bits per heavy atom. The van der Waals surface area contributed by atoms with E-state index < -0.39 is 10.0 Å². The molecule has 0 amide bonds. The highest BCUT2D eigenvalue weighted by molar-refractivity contribution is 7.89. The maximum Gasteiger partial charge on any atom is 0.238 e. The van der Waals surface area contributed by atoms with Gasteiger partial charge in [-0.05, 0) is 32.0 Å². The molecule has 0 aromatic heterocycles. The van der Waals surface area contributed by atoms with Crippen molar-refractivity contribution in [2.75, 3.05) is 18.5 Å². The summed E-state index contributed by atoms with van der Waals surface area (Å²) in [5, 5.41) is 8.20. The third-order valence-corrected chi connectivity index (χ3v) is 3.06. The predicted molar refractivity (Wildman–Crippen MR) is 67.4 cm³/mol. The van der Waals surface area contributed by atoms with Crippen LogP contribution in [0.15, 0.2) is 29.2 Å². The molecule has 1 aromatic carbocycles. The molecule has 0 fully saturated rings. The highest BCUT2D eigenvalue weighted by Crippen LogP contribution is 2.14. The lowest BCUT2D eigenvalue weighted by atomic mass is 10.3. The first-order valence-electron chi connectivity index (χ1n) is 5.40. The second-order valence-electron chi connectivity index (χ2n) is 3.78.